The second-order valence-electron chi connectivity index (χ2n) is 6.89. The van der Waals surface area contributed by atoms with Gasteiger partial charge in [0.05, 0.1) is 6.10 Å². The van der Waals surface area contributed by atoms with Gasteiger partial charge in [-0.25, -0.2) is 0 Å². The number of nitrogens with two attached hydrogens (primary N) is 1. The van der Waals surface area contributed by atoms with E-state index in [0.717, 1.165) is 44.6 Å². The molecule has 2 saturated heterocycles. The van der Waals surface area contributed by atoms with Crippen LogP contribution in [-0.4, -0.2) is 49.3 Å². The van der Waals surface area contributed by atoms with Crippen LogP contribution in [0.3, 0.4) is 0 Å². The Hall–Kier alpha value is -1.59. The van der Waals surface area contributed by atoms with Crippen molar-refractivity contribution >= 4 is 5.91 Å². The molecule has 2 aliphatic heterocycles. The molecule has 0 aliphatic carbocycles. The highest BCUT2D eigenvalue weighted by atomic mass is 16.5. The maximum Gasteiger partial charge on any atom is 0.254 e. The summed E-state index contributed by atoms with van der Waals surface area (Å²) in [5.41, 5.74) is 6.59. The zero-order chi connectivity index (χ0) is 16.9. The first-order valence-corrected chi connectivity index (χ1v) is 9.04. The molecule has 0 unspecified atom stereocenters. The van der Waals surface area contributed by atoms with Gasteiger partial charge in [0.15, 0.2) is 0 Å². The summed E-state index contributed by atoms with van der Waals surface area (Å²) < 4.78 is 11.4. The number of ether oxygens (including phenoxy) is 2. The molecule has 1 aromatic carbocycles. The number of hydrogen-bond donors (Lipinski definition) is 1. The first-order chi connectivity index (χ1) is 11.7. The summed E-state index contributed by atoms with van der Waals surface area (Å²) in [5.74, 6) is 1.23. The molecule has 3 atom stereocenters. The van der Waals surface area contributed by atoms with Crippen LogP contribution in [0.5, 0.6) is 5.75 Å². The van der Waals surface area contributed by atoms with Crippen LogP contribution >= 0.6 is 0 Å². The minimum absolute atomic E-state index is 0.0552. The van der Waals surface area contributed by atoms with E-state index in [1.165, 1.54) is 0 Å². The number of benzene rings is 1. The molecule has 24 heavy (non-hydrogen) atoms. The molecule has 132 valence electrons. The zero-order valence-electron chi connectivity index (χ0n) is 14.4. The Bertz CT molecular complexity index is 557. The van der Waals surface area contributed by atoms with Crippen molar-refractivity contribution in [1.82, 2.24) is 4.90 Å². The minimum atomic E-state index is 0.0552. The van der Waals surface area contributed by atoms with Crippen molar-refractivity contribution in [3.05, 3.63) is 29.8 Å². The topological polar surface area (TPSA) is 64.8 Å². The Kier molecular flexibility index (Phi) is 5.74. The molecule has 5 nitrogen and oxygen atoms in total. The molecule has 3 rings (SSSR count). The van der Waals surface area contributed by atoms with Crippen molar-refractivity contribution in [3.8, 4) is 5.75 Å². The number of piperidine rings is 1. The summed E-state index contributed by atoms with van der Waals surface area (Å²) in [5, 5.41) is 0. The number of carbonyl (C=O) groups excluding carboxylic acids is 1. The molecule has 2 fully saturated rings. The normalized spacial score (nSPS) is 27.2. The van der Waals surface area contributed by atoms with Crippen LogP contribution in [0, 0.1) is 5.92 Å². The molecular weight excluding hydrogens is 304 g/mol. The number of nitrogens with zero attached hydrogens (tertiary/aromatic N) is 1. The van der Waals surface area contributed by atoms with Gasteiger partial charge < -0.3 is 20.1 Å². The Morgan fingerprint density at radius 1 is 1.38 bits per heavy atom. The third-order valence-corrected chi connectivity index (χ3v) is 5.16. The molecule has 2 N–H and O–H groups in total. The molecule has 2 aliphatic rings. The molecule has 0 radical (unpaired) electrons. The van der Waals surface area contributed by atoms with Crippen molar-refractivity contribution in [1.29, 1.82) is 0 Å². The van der Waals surface area contributed by atoms with Gasteiger partial charge in [-0.15, -0.1) is 0 Å². The van der Waals surface area contributed by atoms with E-state index in [-0.39, 0.29) is 18.1 Å². The number of amides is 1. The zero-order valence-corrected chi connectivity index (χ0v) is 14.4. The van der Waals surface area contributed by atoms with Gasteiger partial charge >= 0.3 is 0 Å². The number of rotatable bonds is 5. The summed E-state index contributed by atoms with van der Waals surface area (Å²) in [6, 6.07) is 7.59. The number of hydrogen-bond acceptors (Lipinski definition) is 4. The van der Waals surface area contributed by atoms with Crippen LogP contribution in [0.1, 0.15) is 43.0 Å². The van der Waals surface area contributed by atoms with E-state index in [9.17, 15) is 4.79 Å². The van der Waals surface area contributed by atoms with Crippen LogP contribution in [0.4, 0.5) is 0 Å². The lowest BCUT2D eigenvalue weighted by Gasteiger charge is -2.39. The Morgan fingerprint density at radius 2 is 2.25 bits per heavy atom. The maximum absolute atomic E-state index is 12.9. The molecule has 0 bridgehead atoms. The van der Waals surface area contributed by atoms with Crippen molar-refractivity contribution in [3.63, 3.8) is 0 Å². The van der Waals surface area contributed by atoms with Crippen LogP contribution in [0.2, 0.25) is 0 Å². The summed E-state index contributed by atoms with van der Waals surface area (Å²) in [4.78, 5) is 14.9. The lowest BCUT2D eigenvalue weighted by molar-refractivity contribution is 0.0531. The molecule has 0 saturated carbocycles. The molecule has 1 aromatic rings. The highest BCUT2D eigenvalue weighted by Gasteiger charge is 2.31. The fraction of sp³-hybridized carbons (Fsp3) is 0.632. The van der Waals surface area contributed by atoms with Crippen LogP contribution in [0.25, 0.3) is 0 Å². The molecular formula is C19H28N2O3. The first kappa shape index (κ1) is 17.2. The number of likely N-dealkylation sites (tertiary alicyclic amines) is 1. The smallest absolute Gasteiger partial charge is 0.254 e. The van der Waals surface area contributed by atoms with E-state index in [1.54, 1.807) is 0 Å². The fourth-order valence-corrected chi connectivity index (χ4v) is 3.71. The highest BCUT2D eigenvalue weighted by Crippen LogP contribution is 2.25. The van der Waals surface area contributed by atoms with Gasteiger partial charge in [0.2, 0.25) is 0 Å². The van der Waals surface area contributed by atoms with E-state index < -0.39 is 0 Å². The van der Waals surface area contributed by atoms with Gasteiger partial charge in [-0.3, -0.25) is 4.79 Å². The molecule has 1 amide bonds. The van der Waals surface area contributed by atoms with Crippen LogP contribution < -0.4 is 10.5 Å². The summed E-state index contributed by atoms with van der Waals surface area (Å²) in [7, 11) is 0. The van der Waals surface area contributed by atoms with Gasteiger partial charge in [0.25, 0.3) is 5.91 Å². The van der Waals surface area contributed by atoms with Crippen molar-refractivity contribution in [2.45, 2.75) is 44.8 Å². The summed E-state index contributed by atoms with van der Waals surface area (Å²) in [6.45, 7) is 4.84. The predicted octanol–water partition coefficient (Wildman–Crippen LogP) is 2.44. The minimum Gasteiger partial charge on any atom is -0.491 e. The lowest BCUT2D eigenvalue weighted by Crippen LogP contribution is -2.51. The quantitative estimate of drug-likeness (QED) is 0.899. The van der Waals surface area contributed by atoms with Gasteiger partial charge in [-0.2, -0.15) is 0 Å². The second kappa shape index (κ2) is 7.99. The van der Waals surface area contributed by atoms with Gasteiger partial charge in [0.1, 0.15) is 12.4 Å². The monoisotopic (exact) mass is 332 g/mol. The van der Waals surface area contributed by atoms with E-state index in [0.29, 0.717) is 24.6 Å². The Morgan fingerprint density at radius 3 is 3.00 bits per heavy atom. The largest absolute Gasteiger partial charge is 0.491 e. The summed E-state index contributed by atoms with van der Waals surface area (Å²) in [6.07, 6.45) is 4.49. The fourth-order valence-electron chi connectivity index (χ4n) is 3.71. The van der Waals surface area contributed by atoms with Crippen LogP contribution in [0.15, 0.2) is 24.3 Å². The first-order valence-electron chi connectivity index (χ1n) is 9.04. The van der Waals surface area contributed by atoms with E-state index in [2.05, 4.69) is 6.92 Å². The predicted molar refractivity (Wildman–Crippen MR) is 93.2 cm³/mol. The van der Waals surface area contributed by atoms with Crippen molar-refractivity contribution in [2.75, 3.05) is 26.3 Å². The standard InChI is InChI=1S/C19H28N2O3/c1-14-5-3-9-21(18(14)12-20)19(22)15-6-2-7-16(11-15)24-13-17-8-4-10-23-17/h2,6-7,11,14,17-18H,3-5,8-10,12-13,20H2,1H3/t14-,17-,18-/m1/s1. The van der Waals surface area contributed by atoms with E-state index >= 15 is 0 Å². The van der Waals surface area contributed by atoms with Gasteiger partial charge in [0, 0.05) is 31.3 Å². The Balaban J connectivity index is 1.66. The Labute approximate surface area is 144 Å². The average Bonchev–Trinajstić information content (AvgIpc) is 3.13. The molecule has 2 heterocycles. The second-order valence-corrected chi connectivity index (χ2v) is 6.89. The highest BCUT2D eigenvalue weighted by molar-refractivity contribution is 5.95. The van der Waals surface area contributed by atoms with Crippen molar-refractivity contribution < 1.29 is 14.3 Å². The third kappa shape index (κ3) is 3.90. The van der Waals surface area contributed by atoms with Crippen LogP contribution in [-0.2, 0) is 4.74 Å². The van der Waals surface area contributed by atoms with Gasteiger partial charge in [-0.05, 0) is 49.8 Å². The molecule has 0 spiro atoms. The van der Waals surface area contributed by atoms with E-state index in [1.807, 2.05) is 29.2 Å². The maximum atomic E-state index is 12.9. The lowest BCUT2D eigenvalue weighted by atomic mass is 9.90. The SMILES string of the molecule is C[C@@H]1CCCN(C(=O)c2cccc(OC[C@H]3CCCO3)c2)[C@@H]1CN. The molecule has 0 aromatic heterocycles. The number of carbonyl (C=O) groups is 1. The summed E-state index contributed by atoms with van der Waals surface area (Å²) >= 11 is 0. The molecule has 5 heteroatoms. The average molecular weight is 332 g/mol. The third-order valence-electron chi connectivity index (χ3n) is 5.16. The van der Waals surface area contributed by atoms with Crippen molar-refractivity contribution in [2.24, 2.45) is 11.7 Å². The van der Waals surface area contributed by atoms with Gasteiger partial charge in [-0.1, -0.05) is 13.0 Å². The van der Waals surface area contributed by atoms with E-state index in [4.69, 9.17) is 15.2 Å².